The van der Waals surface area contributed by atoms with Crippen molar-refractivity contribution < 1.29 is 38.0 Å². The van der Waals surface area contributed by atoms with Crippen molar-refractivity contribution in [2.75, 3.05) is 41.7 Å². The van der Waals surface area contributed by atoms with Crippen molar-refractivity contribution in [2.24, 2.45) is 11.8 Å². The lowest BCUT2D eigenvalue weighted by atomic mass is 9.80. The zero-order valence-corrected chi connectivity index (χ0v) is 26.9. The molecule has 0 radical (unpaired) electrons. The van der Waals surface area contributed by atoms with Gasteiger partial charge in [0.2, 0.25) is 0 Å². The Morgan fingerprint density at radius 3 is 1.39 bits per heavy atom. The van der Waals surface area contributed by atoms with Gasteiger partial charge in [-0.05, 0) is 67.0 Å². The fourth-order valence-corrected chi connectivity index (χ4v) is 5.41. The summed E-state index contributed by atoms with van der Waals surface area (Å²) < 4.78 is 32.9. The van der Waals surface area contributed by atoms with Crippen molar-refractivity contribution in [1.29, 1.82) is 0 Å². The molecule has 0 aliphatic heterocycles. The highest BCUT2D eigenvalue weighted by molar-refractivity contribution is 5.91. The molecule has 4 aromatic rings. The van der Waals surface area contributed by atoms with Crippen LogP contribution in [-0.4, -0.2) is 53.6 Å². The quantitative estimate of drug-likeness (QED) is 0.0896. The Morgan fingerprint density at radius 2 is 0.957 bits per heavy atom. The van der Waals surface area contributed by atoms with Crippen LogP contribution in [0.25, 0.3) is 0 Å². The smallest absolute Gasteiger partial charge is 0.338 e. The predicted octanol–water partition coefficient (Wildman–Crippen LogP) is 7.23. The summed E-state index contributed by atoms with van der Waals surface area (Å²) in [5.41, 5.74) is 3.06. The third kappa shape index (κ3) is 10.0. The average molecular weight is 627 g/mol. The summed E-state index contributed by atoms with van der Waals surface area (Å²) in [7, 11) is 6.15. The third-order valence-electron chi connectivity index (χ3n) is 7.90. The number of carbonyl (C=O) groups is 2. The van der Waals surface area contributed by atoms with Gasteiger partial charge < -0.3 is 28.4 Å². The van der Waals surface area contributed by atoms with Crippen LogP contribution in [0.1, 0.15) is 44.7 Å². The number of esters is 2. The molecule has 4 aromatic carbocycles. The highest BCUT2D eigenvalue weighted by Gasteiger charge is 2.25. The van der Waals surface area contributed by atoms with Crippen molar-refractivity contribution in [3.8, 4) is 23.0 Å². The first-order chi connectivity index (χ1) is 22.4. The number of ether oxygens (including phenoxy) is 6. The normalized spacial score (nSPS) is 12.0. The minimum absolute atomic E-state index is 0.00240. The standard InChI is InChI=1S/C38H42O8/c1-41-33-20-30(21-34(24-33)42-2)37(39)45-17-11-16-29(18-27-12-7-5-8-13-27)32(19-28-14-9-6-10-15-28)26-46-38(40)31-22-35(43-3)25-36(23-31)44-4/h5-10,12-15,20-25,29,32H,11,16-19,26H2,1-4H3/t29-,32+/m1/s1. The first kappa shape index (κ1) is 33.9. The molecule has 0 bridgehead atoms. The molecule has 0 fully saturated rings. The average Bonchev–Trinajstić information content (AvgIpc) is 3.11. The van der Waals surface area contributed by atoms with Crippen molar-refractivity contribution in [3.63, 3.8) is 0 Å². The zero-order chi connectivity index (χ0) is 32.7. The molecule has 46 heavy (non-hydrogen) atoms. The SMILES string of the molecule is COc1cc(OC)cc(C(=O)OCCC[C@H](Cc2ccccc2)[C@H](COC(=O)c2cc(OC)cc(OC)c2)Cc2ccccc2)c1. The van der Waals surface area contributed by atoms with E-state index in [0.29, 0.717) is 40.5 Å². The van der Waals surface area contributed by atoms with Crippen LogP contribution in [0, 0.1) is 11.8 Å². The Labute approximate surface area is 271 Å². The lowest BCUT2D eigenvalue weighted by Crippen LogP contribution is -2.26. The predicted molar refractivity (Wildman–Crippen MR) is 176 cm³/mol. The Kier molecular flexibility index (Phi) is 12.9. The van der Waals surface area contributed by atoms with Gasteiger partial charge in [0.15, 0.2) is 0 Å². The fourth-order valence-electron chi connectivity index (χ4n) is 5.41. The van der Waals surface area contributed by atoms with Crippen LogP contribution in [0.2, 0.25) is 0 Å². The molecule has 0 aliphatic carbocycles. The third-order valence-corrected chi connectivity index (χ3v) is 7.90. The van der Waals surface area contributed by atoms with E-state index in [2.05, 4.69) is 24.3 Å². The molecule has 0 spiro atoms. The molecule has 242 valence electrons. The molecule has 0 N–H and O–H groups in total. The zero-order valence-electron chi connectivity index (χ0n) is 26.9. The second-order valence-corrected chi connectivity index (χ2v) is 11.0. The molecule has 4 rings (SSSR count). The van der Waals surface area contributed by atoms with E-state index in [-0.39, 0.29) is 25.0 Å². The Morgan fingerprint density at radius 1 is 0.543 bits per heavy atom. The van der Waals surface area contributed by atoms with Crippen LogP contribution in [0.3, 0.4) is 0 Å². The lowest BCUT2D eigenvalue weighted by Gasteiger charge is -2.28. The summed E-state index contributed by atoms with van der Waals surface area (Å²) >= 11 is 0. The molecular weight excluding hydrogens is 584 g/mol. The minimum atomic E-state index is -0.448. The van der Waals surface area contributed by atoms with Gasteiger partial charge in [0.25, 0.3) is 0 Å². The van der Waals surface area contributed by atoms with E-state index in [9.17, 15) is 9.59 Å². The van der Waals surface area contributed by atoms with E-state index in [1.165, 1.54) is 19.8 Å². The monoisotopic (exact) mass is 626 g/mol. The van der Waals surface area contributed by atoms with Gasteiger partial charge in [-0.1, -0.05) is 60.7 Å². The van der Waals surface area contributed by atoms with Crippen molar-refractivity contribution >= 4 is 11.9 Å². The highest BCUT2D eigenvalue weighted by atomic mass is 16.5. The second-order valence-electron chi connectivity index (χ2n) is 11.0. The number of carbonyl (C=O) groups excluding carboxylic acids is 2. The summed E-state index contributed by atoms with van der Waals surface area (Å²) in [4.78, 5) is 26.2. The van der Waals surface area contributed by atoms with E-state index in [4.69, 9.17) is 28.4 Å². The summed E-state index contributed by atoms with van der Waals surface area (Å²) in [5.74, 6) is 1.28. The Bertz CT molecular complexity index is 1490. The van der Waals surface area contributed by atoms with Gasteiger partial charge in [0, 0.05) is 18.1 Å². The number of benzene rings is 4. The maximum Gasteiger partial charge on any atom is 0.338 e. The number of hydrogen-bond donors (Lipinski definition) is 0. The topological polar surface area (TPSA) is 89.5 Å². The maximum absolute atomic E-state index is 13.3. The van der Waals surface area contributed by atoms with Crippen molar-refractivity contribution in [2.45, 2.75) is 25.7 Å². The first-order valence-electron chi connectivity index (χ1n) is 15.3. The molecule has 0 unspecified atom stereocenters. The van der Waals surface area contributed by atoms with E-state index in [0.717, 1.165) is 24.8 Å². The van der Waals surface area contributed by atoms with Crippen LogP contribution in [0.4, 0.5) is 0 Å². The van der Waals surface area contributed by atoms with E-state index in [1.807, 2.05) is 36.4 Å². The molecule has 0 aliphatic rings. The van der Waals surface area contributed by atoms with Crippen LogP contribution >= 0.6 is 0 Å². The molecule has 0 saturated heterocycles. The fraction of sp³-hybridized carbons (Fsp3) is 0.316. The summed E-state index contributed by atoms with van der Waals surface area (Å²) in [6.45, 7) is 0.458. The summed E-state index contributed by atoms with van der Waals surface area (Å²) in [6.07, 6.45) is 2.89. The van der Waals surface area contributed by atoms with Gasteiger partial charge in [-0.2, -0.15) is 0 Å². The molecule has 8 heteroatoms. The van der Waals surface area contributed by atoms with Gasteiger partial charge in [0.1, 0.15) is 23.0 Å². The summed E-state index contributed by atoms with van der Waals surface area (Å²) in [5, 5.41) is 0. The highest BCUT2D eigenvalue weighted by Crippen LogP contribution is 2.29. The molecule has 0 saturated carbocycles. The van der Waals surface area contributed by atoms with Crippen LogP contribution < -0.4 is 18.9 Å². The number of rotatable bonds is 17. The Hall–Kier alpha value is -4.98. The maximum atomic E-state index is 13.3. The van der Waals surface area contributed by atoms with E-state index in [1.54, 1.807) is 50.6 Å². The van der Waals surface area contributed by atoms with Crippen LogP contribution in [0.5, 0.6) is 23.0 Å². The second kappa shape index (κ2) is 17.5. The lowest BCUT2D eigenvalue weighted by molar-refractivity contribution is 0.0361. The molecule has 0 amide bonds. The largest absolute Gasteiger partial charge is 0.497 e. The number of methoxy groups -OCH3 is 4. The van der Waals surface area contributed by atoms with Gasteiger partial charge >= 0.3 is 11.9 Å². The van der Waals surface area contributed by atoms with Crippen LogP contribution in [-0.2, 0) is 22.3 Å². The molecular formula is C38H42O8. The minimum Gasteiger partial charge on any atom is -0.497 e. The Balaban J connectivity index is 1.50. The van der Waals surface area contributed by atoms with E-state index >= 15 is 0 Å². The van der Waals surface area contributed by atoms with Gasteiger partial charge in [-0.15, -0.1) is 0 Å². The van der Waals surface area contributed by atoms with Crippen LogP contribution in [0.15, 0.2) is 97.1 Å². The number of hydrogen-bond acceptors (Lipinski definition) is 8. The molecule has 8 nitrogen and oxygen atoms in total. The van der Waals surface area contributed by atoms with E-state index < -0.39 is 11.9 Å². The molecule has 2 atom stereocenters. The van der Waals surface area contributed by atoms with Crippen molar-refractivity contribution in [1.82, 2.24) is 0 Å². The van der Waals surface area contributed by atoms with Gasteiger partial charge in [-0.3, -0.25) is 0 Å². The molecule has 0 heterocycles. The first-order valence-corrected chi connectivity index (χ1v) is 15.3. The summed E-state index contributed by atoms with van der Waals surface area (Å²) in [6, 6.07) is 30.4. The molecule has 0 aromatic heterocycles. The van der Waals surface area contributed by atoms with Gasteiger partial charge in [0.05, 0.1) is 52.8 Å². The van der Waals surface area contributed by atoms with Crippen molar-refractivity contribution in [3.05, 3.63) is 119 Å². The van der Waals surface area contributed by atoms with Gasteiger partial charge in [-0.25, -0.2) is 9.59 Å².